The molecular weight excluding hydrogens is 226 g/mol. The van der Waals surface area contributed by atoms with Gasteiger partial charge in [-0.3, -0.25) is 0 Å². The molecule has 1 N–H and O–H groups in total. The minimum absolute atomic E-state index is 0.0288. The van der Waals surface area contributed by atoms with Gasteiger partial charge in [-0.1, -0.05) is 30.7 Å². The third-order valence-electron chi connectivity index (χ3n) is 3.94. The Bertz CT molecular complexity index is 417. The minimum atomic E-state index is -0.0288. The van der Waals surface area contributed by atoms with Crippen LogP contribution in [0, 0.1) is 10.8 Å². The third-order valence-corrected chi connectivity index (χ3v) is 3.94. The first kappa shape index (κ1) is 13.1. The number of phenolic OH excluding ortho intramolecular Hbond substituents is 1. The van der Waals surface area contributed by atoms with Gasteiger partial charge in [0.2, 0.25) is 0 Å². The lowest BCUT2D eigenvalue weighted by atomic mass is 9.80. The number of fused-ring (bicyclic) bond motifs is 1. The van der Waals surface area contributed by atoms with Crippen LogP contribution >= 0.6 is 0 Å². The Kier molecular flexibility index (Phi) is 4.34. The van der Waals surface area contributed by atoms with Crippen molar-refractivity contribution in [1.29, 1.82) is 0 Å². The zero-order valence-corrected chi connectivity index (χ0v) is 10.9. The predicted molar refractivity (Wildman–Crippen MR) is 72.7 cm³/mol. The fourth-order valence-electron chi connectivity index (χ4n) is 3.00. The molecular formula is C15H21NO2. The van der Waals surface area contributed by atoms with Gasteiger partial charge in [0.1, 0.15) is 5.75 Å². The molecule has 0 amide bonds. The fourth-order valence-corrected chi connectivity index (χ4v) is 3.00. The van der Waals surface area contributed by atoms with E-state index in [0.29, 0.717) is 11.7 Å². The van der Waals surface area contributed by atoms with E-state index in [1.165, 1.54) is 5.56 Å². The highest BCUT2D eigenvalue weighted by molar-refractivity contribution is 5.40. The maximum Gasteiger partial charge on any atom is 0.119 e. The van der Waals surface area contributed by atoms with Crippen molar-refractivity contribution in [2.45, 2.75) is 51.5 Å². The summed E-state index contributed by atoms with van der Waals surface area (Å²) in [5.74, 6) is 0.957. The highest BCUT2D eigenvalue weighted by atomic mass is 16.3. The van der Waals surface area contributed by atoms with Crippen LogP contribution in [-0.4, -0.2) is 11.1 Å². The summed E-state index contributed by atoms with van der Waals surface area (Å²) in [4.78, 5) is 10.8. The van der Waals surface area contributed by atoms with E-state index >= 15 is 0 Å². The number of benzene rings is 1. The summed E-state index contributed by atoms with van der Waals surface area (Å²) in [6.45, 7) is 2.09. The second kappa shape index (κ2) is 5.98. The number of rotatable bonds is 5. The molecule has 1 aliphatic carbocycles. The van der Waals surface area contributed by atoms with Crippen LogP contribution in [0.1, 0.15) is 43.7 Å². The predicted octanol–water partition coefficient (Wildman–Crippen LogP) is 3.82. The summed E-state index contributed by atoms with van der Waals surface area (Å²) in [6, 6.07) is 5.72. The molecule has 18 heavy (non-hydrogen) atoms. The molecule has 3 heteroatoms. The van der Waals surface area contributed by atoms with Gasteiger partial charge in [-0.05, 0) is 55.2 Å². The maximum atomic E-state index is 10.8. The van der Waals surface area contributed by atoms with Crippen molar-refractivity contribution in [2.24, 2.45) is 11.1 Å². The highest BCUT2D eigenvalue weighted by Crippen LogP contribution is 2.33. The molecule has 0 spiro atoms. The SMILES string of the molecule is CCCC(CC1CCc2c(O)cccc2C1)N=O. The molecule has 0 radical (unpaired) electrons. The molecule has 0 saturated carbocycles. The lowest BCUT2D eigenvalue weighted by Gasteiger charge is -2.26. The first-order valence-corrected chi connectivity index (χ1v) is 6.86. The Morgan fingerprint density at radius 1 is 1.50 bits per heavy atom. The van der Waals surface area contributed by atoms with Gasteiger partial charge in [0.25, 0.3) is 0 Å². The zero-order valence-electron chi connectivity index (χ0n) is 10.9. The molecule has 1 aromatic carbocycles. The van der Waals surface area contributed by atoms with Crippen LogP contribution in [-0.2, 0) is 12.8 Å². The molecule has 0 saturated heterocycles. The lowest BCUT2D eigenvalue weighted by Crippen LogP contribution is -2.19. The molecule has 2 atom stereocenters. The molecule has 1 aromatic rings. The second-order valence-electron chi connectivity index (χ2n) is 5.31. The number of aromatic hydroxyl groups is 1. The molecule has 0 fully saturated rings. The zero-order chi connectivity index (χ0) is 13.0. The van der Waals surface area contributed by atoms with E-state index in [9.17, 15) is 10.0 Å². The van der Waals surface area contributed by atoms with Crippen LogP contribution in [0.15, 0.2) is 23.4 Å². The Labute approximate surface area is 108 Å². The normalized spacial score (nSPS) is 20.2. The topological polar surface area (TPSA) is 49.7 Å². The summed E-state index contributed by atoms with van der Waals surface area (Å²) in [7, 11) is 0. The summed E-state index contributed by atoms with van der Waals surface area (Å²) < 4.78 is 0. The van der Waals surface area contributed by atoms with Crippen molar-refractivity contribution in [3.63, 3.8) is 0 Å². The Balaban J connectivity index is 2.01. The Morgan fingerprint density at radius 3 is 3.06 bits per heavy atom. The van der Waals surface area contributed by atoms with Gasteiger partial charge in [-0.25, -0.2) is 0 Å². The molecule has 0 aliphatic heterocycles. The van der Waals surface area contributed by atoms with Crippen LogP contribution in [0.2, 0.25) is 0 Å². The molecule has 0 bridgehead atoms. The lowest BCUT2D eigenvalue weighted by molar-refractivity contribution is 0.370. The van der Waals surface area contributed by atoms with Gasteiger partial charge in [0.05, 0.1) is 6.04 Å². The molecule has 2 unspecified atom stereocenters. The maximum absolute atomic E-state index is 10.8. The van der Waals surface area contributed by atoms with Crippen LogP contribution in [0.3, 0.4) is 0 Å². The van der Waals surface area contributed by atoms with E-state index in [2.05, 4.69) is 18.2 Å². The van der Waals surface area contributed by atoms with Crippen LogP contribution < -0.4 is 0 Å². The summed E-state index contributed by atoms with van der Waals surface area (Å²) >= 11 is 0. The number of phenols is 1. The van der Waals surface area contributed by atoms with E-state index in [1.807, 2.05) is 6.07 Å². The van der Waals surface area contributed by atoms with Crippen molar-refractivity contribution in [1.82, 2.24) is 0 Å². The smallest absolute Gasteiger partial charge is 0.119 e. The largest absolute Gasteiger partial charge is 0.508 e. The van der Waals surface area contributed by atoms with Crippen molar-refractivity contribution >= 4 is 0 Å². The first-order valence-electron chi connectivity index (χ1n) is 6.86. The Hall–Kier alpha value is -1.38. The summed E-state index contributed by atoms with van der Waals surface area (Å²) in [5, 5.41) is 13.0. The molecule has 3 nitrogen and oxygen atoms in total. The molecule has 1 aliphatic rings. The number of hydrogen-bond acceptors (Lipinski definition) is 3. The molecule has 0 heterocycles. The molecule has 0 aromatic heterocycles. The van der Waals surface area contributed by atoms with Gasteiger partial charge in [-0.15, -0.1) is 0 Å². The Morgan fingerprint density at radius 2 is 2.33 bits per heavy atom. The fraction of sp³-hybridized carbons (Fsp3) is 0.600. The average Bonchev–Trinajstić information content (AvgIpc) is 2.38. The number of nitrogens with zero attached hydrogens (tertiary/aromatic N) is 1. The quantitative estimate of drug-likeness (QED) is 0.804. The van der Waals surface area contributed by atoms with E-state index in [4.69, 9.17) is 0 Å². The third kappa shape index (κ3) is 2.89. The van der Waals surface area contributed by atoms with Gasteiger partial charge in [0.15, 0.2) is 0 Å². The highest BCUT2D eigenvalue weighted by Gasteiger charge is 2.23. The van der Waals surface area contributed by atoms with Crippen molar-refractivity contribution in [3.8, 4) is 5.75 Å². The van der Waals surface area contributed by atoms with Crippen LogP contribution in [0.5, 0.6) is 5.75 Å². The summed E-state index contributed by atoms with van der Waals surface area (Å²) in [5.41, 5.74) is 2.34. The average molecular weight is 247 g/mol. The van der Waals surface area contributed by atoms with Crippen molar-refractivity contribution in [2.75, 3.05) is 0 Å². The monoisotopic (exact) mass is 247 g/mol. The van der Waals surface area contributed by atoms with Crippen molar-refractivity contribution in [3.05, 3.63) is 34.2 Å². The van der Waals surface area contributed by atoms with Gasteiger partial charge < -0.3 is 5.11 Å². The van der Waals surface area contributed by atoms with E-state index in [1.54, 1.807) is 6.07 Å². The van der Waals surface area contributed by atoms with Crippen molar-refractivity contribution < 1.29 is 5.11 Å². The van der Waals surface area contributed by atoms with Gasteiger partial charge in [-0.2, -0.15) is 4.91 Å². The van der Waals surface area contributed by atoms with Crippen LogP contribution in [0.25, 0.3) is 0 Å². The molecule has 2 rings (SSSR count). The van der Waals surface area contributed by atoms with Crippen LogP contribution in [0.4, 0.5) is 0 Å². The number of nitroso groups, excluding NO2 is 1. The van der Waals surface area contributed by atoms with E-state index in [0.717, 1.165) is 44.1 Å². The first-order chi connectivity index (χ1) is 8.74. The van der Waals surface area contributed by atoms with E-state index in [-0.39, 0.29) is 6.04 Å². The molecule has 98 valence electrons. The summed E-state index contributed by atoms with van der Waals surface area (Å²) in [6.07, 6.45) is 5.75. The standard InChI is InChI=1S/C15H21NO2/c1-2-4-13(16-18)10-11-7-8-14-12(9-11)5-3-6-15(14)17/h3,5-6,11,13,17H,2,4,7-10H2,1H3. The number of hydrogen-bond donors (Lipinski definition) is 1. The minimum Gasteiger partial charge on any atom is -0.508 e. The van der Waals surface area contributed by atoms with Gasteiger partial charge >= 0.3 is 0 Å². The second-order valence-corrected chi connectivity index (χ2v) is 5.31. The van der Waals surface area contributed by atoms with E-state index < -0.39 is 0 Å². The van der Waals surface area contributed by atoms with Gasteiger partial charge in [0, 0.05) is 0 Å².